The Morgan fingerprint density at radius 3 is 2.74 bits per heavy atom. The number of hydrogen-bond donors (Lipinski definition) is 0. The van der Waals surface area contributed by atoms with Crippen LogP contribution in [0.3, 0.4) is 0 Å². The predicted molar refractivity (Wildman–Crippen MR) is 67.4 cm³/mol. The molecule has 4 nitrogen and oxygen atoms in total. The van der Waals surface area contributed by atoms with Crippen molar-refractivity contribution < 1.29 is 23.5 Å². The van der Waals surface area contributed by atoms with E-state index in [0.29, 0.717) is 25.2 Å². The van der Waals surface area contributed by atoms with E-state index in [1.807, 2.05) is 0 Å². The maximum Gasteiger partial charge on any atom is 0.374 e. The van der Waals surface area contributed by atoms with Crippen LogP contribution in [0, 0.1) is 5.82 Å². The van der Waals surface area contributed by atoms with Crippen LogP contribution < -0.4 is 4.74 Å². The molecule has 0 aliphatic heterocycles. The molecule has 104 valence electrons. The molecule has 1 rings (SSSR count). The monoisotopic (exact) mass is 268 g/mol. The summed E-state index contributed by atoms with van der Waals surface area (Å²) in [5.74, 6) is -1.20. The van der Waals surface area contributed by atoms with Gasteiger partial charge in [-0.3, -0.25) is 4.79 Å². The van der Waals surface area contributed by atoms with Crippen molar-refractivity contribution in [1.82, 2.24) is 0 Å². The van der Waals surface area contributed by atoms with E-state index in [1.54, 1.807) is 19.1 Å². The van der Waals surface area contributed by atoms with Gasteiger partial charge in [0.1, 0.15) is 11.6 Å². The molecule has 0 aromatic heterocycles. The number of Topliss-reactive ketones (excluding diaryl/α,β-unsaturated/α-hetero) is 1. The molecule has 0 spiro atoms. The van der Waals surface area contributed by atoms with Crippen LogP contribution in [0.1, 0.15) is 26.2 Å². The summed E-state index contributed by atoms with van der Waals surface area (Å²) < 4.78 is 22.7. The Kier molecular flexibility index (Phi) is 6.57. The number of esters is 1. The third kappa shape index (κ3) is 5.99. The summed E-state index contributed by atoms with van der Waals surface area (Å²) in [7, 11) is 0. The molecule has 0 unspecified atom stereocenters. The van der Waals surface area contributed by atoms with Gasteiger partial charge in [-0.15, -0.1) is 0 Å². The largest absolute Gasteiger partial charge is 0.493 e. The van der Waals surface area contributed by atoms with Crippen LogP contribution in [0.4, 0.5) is 4.39 Å². The van der Waals surface area contributed by atoms with Crippen molar-refractivity contribution in [2.24, 2.45) is 0 Å². The third-order valence-corrected chi connectivity index (χ3v) is 2.37. The fourth-order valence-corrected chi connectivity index (χ4v) is 1.45. The molecule has 0 radical (unpaired) electrons. The molecule has 0 heterocycles. The van der Waals surface area contributed by atoms with Crippen molar-refractivity contribution in [2.45, 2.75) is 26.2 Å². The van der Waals surface area contributed by atoms with E-state index in [-0.39, 0.29) is 18.8 Å². The number of rotatable bonds is 8. The number of halogens is 1. The first-order valence-electron chi connectivity index (χ1n) is 6.21. The molecule has 0 aliphatic carbocycles. The first-order valence-corrected chi connectivity index (χ1v) is 6.21. The zero-order chi connectivity index (χ0) is 14.1. The lowest BCUT2D eigenvalue weighted by Gasteiger charge is -2.05. The van der Waals surface area contributed by atoms with Crippen LogP contribution in [0.5, 0.6) is 5.75 Å². The molecule has 0 N–H and O–H groups in total. The molecule has 1 aromatic rings. The summed E-state index contributed by atoms with van der Waals surface area (Å²) in [6.07, 6.45) is 1.29. The summed E-state index contributed by atoms with van der Waals surface area (Å²) >= 11 is 0. The van der Waals surface area contributed by atoms with Gasteiger partial charge in [0.2, 0.25) is 5.78 Å². The standard InChI is InChI=1S/C14H17FO4/c1-2-18-14(17)13(16)8-3-4-9-19-12-7-5-6-11(15)10-12/h5-7,10H,2-4,8-9H2,1H3. The number of unbranched alkanes of at least 4 members (excludes halogenated alkanes) is 1. The van der Waals surface area contributed by atoms with E-state index < -0.39 is 11.8 Å². The fraction of sp³-hybridized carbons (Fsp3) is 0.429. The van der Waals surface area contributed by atoms with E-state index in [2.05, 4.69) is 4.74 Å². The lowest BCUT2D eigenvalue weighted by atomic mass is 10.2. The second-order valence-corrected chi connectivity index (χ2v) is 3.91. The van der Waals surface area contributed by atoms with E-state index in [9.17, 15) is 14.0 Å². The minimum atomic E-state index is -0.784. The molecule has 1 aromatic carbocycles. The van der Waals surface area contributed by atoms with Crippen LogP contribution in [0.2, 0.25) is 0 Å². The number of ether oxygens (including phenoxy) is 2. The lowest BCUT2D eigenvalue weighted by molar-refractivity contribution is -0.153. The fourth-order valence-electron chi connectivity index (χ4n) is 1.45. The first-order chi connectivity index (χ1) is 9.13. The highest BCUT2D eigenvalue weighted by atomic mass is 19.1. The van der Waals surface area contributed by atoms with Crippen LogP contribution in [-0.4, -0.2) is 25.0 Å². The normalized spacial score (nSPS) is 10.0. The average molecular weight is 268 g/mol. The number of carbonyl (C=O) groups excluding carboxylic acids is 2. The van der Waals surface area contributed by atoms with Crippen LogP contribution in [0.25, 0.3) is 0 Å². The Morgan fingerprint density at radius 2 is 2.05 bits per heavy atom. The Bertz CT molecular complexity index is 431. The zero-order valence-corrected chi connectivity index (χ0v) is 10.9. The zero-order valence-electron chi connectivity index (χ0n) is 10.9. The van der Waals surface area contributed by atoms with Gasteiger partial charge >= 0.3 is 5.97 Å². The predicted octanol–water partition coefficient (Wildman–Crippen LogP) is 2.51. The van der Waals surface area contributed by atoms with Gasteiger partial charge in [-0.05, 0) is 31.9 Å². The van der Waals surface area contributed by atoms with Gasteiger partial charge in [0.15, 0.2) is 0 Å². The summed E-state index contributed by atoms with van der Waals surface area (Å²) in [6, 6.07) is 5.86. The van der Waals surface area contributed by atoms with Crippen molar-refractivity contribution >= 4 is 11.8 Å². The molecular weight excluding hydrogens is 251 g/mol. The topological polar surface area (TPSA) is 52.6 Å². The highest BCUT2D eigenvalue weighted by Gasteiger charge is 2.13. The maximum atomic E-state index is 12.8. The number of benzene rings is 1. The number of ketones is 1. The van der Waals surface area contributed by atoms with Crippen molar-refractivity contribution in [3.63, 3.8) is 0 Å². The summed E-state index contributed by atoms with van der Waals surface area (Å²) in [5.41, 5.74) is 0. The van der Waals surface area contributed by atoms with Crippen LogP contribution >= 0.6 is 0 Å². The van der Waals surface area contributed by atoms with Gasteiger partial charge in [-0.25, -0.2) is 9.18 Å². The van der Waals surface area contributed by atoms with Crippen LogP contribution in [0.15, 0.2) is 24.3 Å². The smallest absolute Gasteiger partial charge is 0.374 e. The Labute approximate surface area is 111 Å². The molecule has 0 bridgehead atoms. The Balaban J connectivity index is 2.14. The SMILES string of the molecule is CCOC(=O)C(=O)CCCCOc1cccc(F)c1. The lowest BCUT2D eigenvalue weighted by Crippen LogP contribution is -2.17. The average Bonchev–Trinajstić information content (AvgIpc) is 2.38. The molecule has 0 amide bonds. The minimum Gasteiger partial charge on any atom is -0.493 e. The Morgan fingerprint density at radius 1 is 1.26 bits per heavy atom. The van der Waals surface area contributed by atoms with Crippen molar-refractivity contribution in [2.75, 3.05) is 13.2 Å². The van der Waals surface area contributed by atoms with Crippen molar-refractivity contribution in [1.29, 1.82) is 0 Å². The van der Waals surface area contributed by atoms with E-state index in [0.717, 1.165) is 0 Å². The summed E-state index contributed by atoms with van der Waals surface area (Å²) in [6.45, 7) is 2.23. The van der Waals surface area contributed by atoms with Crippen molar-refractivity contribution in [3.05, 3.63) is 30.1 Å². The van der Waals surface area contributed by atoms with Crippen molar-refractivity contribution in [3.8, 4) is 5.75 Å². The second kappa shape index (κ2) is 8.24. The van der Waals surface area contributed by atoms with Gasteiger partial charge in [0.25, 0.3) is 0 Å². The van der Waals surface area contributed by atoms with E-state index in [1.165, 1.54) is 12.1 Å². The quantitative estimate of drug-likeness (QED) is 0.413. The van der Waals surface area contributed by atoms with Gasteiger partial charge in [-0.2, -0.15) is 0 Å². The second-order valence-electron chi connectivity index (χ2n) is 3.91. The Hall–Kier alpha value is -1.91. The summed E-state index contributed by atoms with van der Waals surface area (Å²) in [5, 5.41) is 0. The highest BCUT2D eigenvalue weighted by molar-refractivity contribution is 6.33. The van der Waals surface area contributed by atoms with Gasteiger partial charge < -0.3 is 9.47 Å². The number of hydrogen-bond acceptors (Lipinski definition) is 4. The molecular formula is C14H17FO4. The minimum absolute atomic E-state index is 0.144. The third-order valence-electron chi connectivity index (χ3n) is 2.37. The highest BCUT2D eigenvalue weighted by Crippen LogP contribution is 2.12. The van der Waals surface area contributed by atoms with E-state index in [4.69, 9.17) is 4.74 Å². The molecule has 5 heteroatoms. The number of carbonyl (C=O) groups is 2. The van der Waals surface area contributed by atoms with E-state index >= 15 is 0 Å². The molecule has 0 aliphatic rings. The molecule has 19 heavy (non-hydrogen) atoms. The molecule has 0 fully saturated rings. The molecule has 0 saturated carbocycles. The molecule has 0 atom stereocenters. The summed E-state index contributed by atoms with van der Waals surface area (Å²) in [4.78, 5) is 22.3. The first kappa shape index (κ1) is 15.1. The van der Waals surface area contributed by atoms with Gasteiger partial charge in [0, 0.05) is 12.5 Å². The maximum absolute atomic E-state index is 12.8. The van der Waals surface area contributed by atoms with Gasteiger partial charge in [0.05, 0.1) is 13.2 Å². The molecule has 0 saturated heterocycles. The van der Waals surface area contributed by atoms with Crippen LogP contribution in [-0.2, 0) is 14.3 Å². The van der Waals surface area contributed by atoms with Gasteiger partial charge in [-0.1, -0.05) is 6.07 Å².